The zero-order valence-electron chi connectivity index (χ0n) is 9.11. The van der Waals surface area contributed by atoms with Gasteiger partial charge in [-0.25, -0.2) is 4.79 Å². The monoisotopic (exact) mass is 209 g/mol. The number of urea groups is 1. The summed E-state index contributed by atoms with van der Waals surface area (Å²) < 4.78 is 0. The minimum absolute atomic E-state index is 0.299. The summed E-state index contributed by atoms with van der Waals surface area (Å²) in [5.41, 5.74) is 0. The Morgan fingerprint density at radius 3 is 2.33 bits per heavy atom. The molecular weight excluding hydrogens is 190 g/mol. The molecule has 0 aromatic heterocycles. The Labute approximate surface area is 90.6 Å². The summed E-state index contributed by atoms with van der Waals surface area (Å²) in [6.07, 6.45) is 4.88. The highest BCUT2D eigenvalue weighted by Gasteiger charge is 2.39. The molecule has 3 rings (SSSR count). The first kappa shape index (κ1) is 9.46. The van der Waals surface area contributed by atoms with E-state index in [0.29, 0.717) is 18.1 Å². The topological polar surface area (TPSA) is 35.6 Å². The number of nitrogens with zero attached hydrogens (tertiary/aromatic N) is 2. The second-order valence-corrected chi connectivity index (χ2v) is 4.90. The van der Waals surface area contributed by atoms with E-state index >= 15 is 0 Å². The van der Waals surface area contributed by atoms with Gasteiger partial charge in [-0.2, -0.15) is 0 Å². The van der Waals surface area contributed by atoms with Crippen LogP contribution in [0.5, 0.6) is 0 Å². The third-order valence-corrected chi connectivity index (χ3v) is 4.06. The number of carbonyl (C=O) groups is 1. The lowest BCUT2D eigenvalue weighted by molar-refractivity contribution is 0.143. The van der Waals surface area contributed by atoms with E-state index in [1.165, 1.54) is 19.3 Å². The highest BCUT2D eigenvalue weighted by Crippen LogP contribution is 2.29. The lowest BCUT2D eigenvalue weighted by atomic mass is 9.92. The molecule has 0 aromatic rings. The summed E-state index contributed by atoms with van der Waals surface area (Å²) >= 11 is 0. The van der Waals surface area contributed by atoms with E-state index in [1.807, 2.05) is 0 Å². The van der Waals surface area contributed by atoms with E-state index in [1.54, 1.807) is 0 Å². The Morgan fingerprint density at radius 2 is 1.80 bits per heavy atom. The van der Waals surface area contributed by atoms with Crippen molar-refractivity contribution in [2.24, 2.45) is 0 Å². The van der Waals surface area contributed by atoms with Crippen LogP contribution < -0.4 is 5.32 Å². The average Bonchev–Trinajstić information content (AvgIpc) is 2.74. The Balaban J connectivity index is 1.64. The van der Waals surface area contributed by atoms with Crippen LogP contribution in [0, 0.1) is 0 Å². The molecule has 3 aliphatic rings. The zero-order chi connectivity index (χ0) is 10.3. The second kappa shape index (κ2) is 3.67. The molecule has 2 amide bonds. The van der Waals surface area contributed by atoms with Crippen molar-refractivity contribution in [3.8, 4) is 0 Å². The van der Waals surface area contributed by atoms with Gasteiger partial charge in [0.1, 0.15) is 0 Å². The predicted octanol–water partition coefficient (Wildman–Crippen LogP) is 0.638. The molecule has 1 saturated carbocycles. The van der Waals surface area contributed by atoms with Gasteiger partial charge < -0.3 is 15.1 Å². The maximum atomic E-state index is 12.2. The highest BCUT2D eigenvalue weighted by atomic mass is 16.2. The molecule has 1 aliphatic carbocycles. The zero-order valence-corrected chi connectivity index (χ0v) is 9.11. The summed E-state index contributed by atoms with van der Waals surface area (Å²) in [7, 11) is 0. The molecule has 2 aliphatic heterocycles. The Hall–Kier alpha value is -0.770. The highest BCUT2D eigenvalue weighted by molar-refractivity contribution is 5.77. The molecule has 2 heterocycles. The van der Waals surface area contributed by atoms with E-state index < -0.39 is 0 Å². The fourth-order valence-electron chi connectivity index (χ4n) is 2.85. The van der Waals surface area contributed by atoms with Gasteiger partial charge in [-0.3, -0.25) is 0 Å². The van der Waals surface area contributed by atoms with Gasteiger partial charge in [0, 0.05) is 31.7 Å². The van der Waals surface area contributed by atoms with Gasteiger partial charge in [0.2, 0.25) is 0 Å². The van der Waals surface area contributed by atoms with Crippen LogP contribution in [0.25, 0.3) is 0 Å². The number of rotatable bonds is 2. The van der Waals surface area contributed by atoms with Gasteiger partial charge in [0.05, 0.1) is 0 Å². The van der Waals surface area contributed by atoms with Gasteiger partial charge in [0.25, 0.3) is 0 Å². The lowest BCUT2D eigenvalue weighted by Crippen LogP contribution is -2.45. The molecule has 84 valence electrons. The van der Waals surface area contributed by atoms with Gasteiger partial charge >= 0.3 is 6.03 Å². The molecule has 15 heavy (non-hydrogen) atoms. The molecule has 4 nitrogen and oxygen atoms in total. The van der Waals surface area contributed by atoms with Crippen LogP contribution in [0.4, 0.5) is 4.79 Å². The maximum Gasteiger partial charge on any atom is 0.320 e. The summed E-state index contributed by atoms with van der Waals surface area (Å²) in [5, 5.41) is 3.33. The molecule has 1 atom stereocenters. The van der Waals surface area contributed by atoms with Crippen molar-refractivity contribution >= 4 is 6.03 Å². The molecule has 0 aromatic carbocycles. The molecule has 2 saturated heterocycles. The third-order valence-electron chi connectivity index (χ3n) is 4.06. The molecule has 1 N–H and O–H groups in total. The van der Waals surface area contributed by atoms with Crippen LogP contribution >= 0.6 is 0 Å². The van der Waals surface area contributed by atoms with Gasteiger partial charge in [-0.15, -0.1) is 0 Å². The summed E-state index contributed by atoms with van der Waals surface area (Å²) in [6, 6.07) is 1.33. The first-order valence-electron chi connectivity index (χ1n) is 6.14. The molecule has 3 fully saturated rings. The van der Waals surface area contributed by atoms with Crippen LogP contribution in [-0.2, 0) is 0 Å². The number of carbonyl (C=O) groups excluding carboxylic acids is 1. The predicted molar refractivity (Wildman–Crippen MR) is 57.7 cm³/mol. The summed E-state index contributed by atoms with van der Waals surface area (Å²) in [4.78, 5) is 16.3. The number of hydrogen-bond donors (Lipinski definition) is 1. The Bertz CT molecular complexity index is 259. The van der Waals surface area contributed by atoms with Gasteiger partial charge in [0.15, 0.2) is 0 Å². The van der Waals surface area contributed by atoms with E-state index in [2.05, 4.69) is 15.1 Å². The van der Waals surface area contributed by atoms with Crippen molar-refractivity contribution in [1.82, 2.24) is 15.1 Å². The number of amides is 2. The normalized spacial score (nSPS) is 32.5. The molecule has 4 heteroatoms. The van der Waals surface area contributed by atoms with Crippen LogP contribution in [0.15, 0.2) is 0 Å². The Kier molecular flexibility index (Phi) is 2.31. The second-order valence-electron chi connectivity index (χ2n) is 4.90. The van der Waals surface area contributed by atoms with Crippen molar-refractivity contribution in [2.45, 2.75) is 37.8 Å². The number of hydrogen-bond acceptors (Lipinski definition) is 2. The van der Waals surface area contributed by atoms with E-state index in [9.17, 15) is 4.79 Å². The SMILES string of the molecule is O=C1N(C2CCC2)CCN1C1CCNC1. The summed E-state index contributed by atoms with van der Waals surface area (Å²) in [6.45, 7) is 3.96. The van der Waals surface area contributed by atoms with Crippen molar-refractivity contribution in [2.75, 3.05) is 26.2 Å². The molecule has 0 spiro atoms. The number of nitrogens with one attached hydrogen (secondary N) is 1. The quantitative estimate of drug-likeness (QED) is 0.724. The smallest absolute Gasteiger partial charge is 0.320 e. The van der Waals surface area contributed by atoms with Gasteiger partial charge in [-0.1, -0.05) is 0 Å². The lowest BCUT2D eigenvalue weighted by Gasteiger charge is -2.34. The van der Waals surface area contributed by atoms with Gasteiger partial charge in [-0.05, 0) is 32.2 Å². The minimum atomic E-state index is 0.299. The molecule has 0 radical (unpaired) electrons. The maximum absolute atomic E-state index is 12.2. The van der Waals surface area contributed by atoms with Crippen molar-refractivity contribution in [3.05, 3.63) is 0 Å². The minimum Gasteiger partial charge on any atom is -0.320 e. The standard InChI is InChI=1S/C11H19N3O/c15-11-13(9-2-1-3-9)6-7-14(11)10-4-5-12-8-10/h9-10,12H,1-8H2. The first-order valence-corrected chi connectivity index (χ1v) is 6.14. The van der Waals surface area contributed by atoms with Crippen LogP contribution in [-0.4, -0.2) is 54.1 Å². The molecule has 1 unspecified atom stereocenters. The summed E-state index contributed by atoms with van der Waals surface area (Å²) in [5.74, 6) is 0. The van der Waals surface area contributed by atoms with Crippen LogP contribution in [0.2, 0.25) is 0 Å². The Morgan fingerprint density at radius 1 is 1.07 bits per heavy atom. The molecular formula is C11H19N3O. The first-order chi connectivity index (χ1) is 7.36. The van der Waals surface area contributed by atoms with Crippen molar-refractivity contribution in [1.29, 1.82) is 0 Å². The van der Waals surface area contributed by atoms with Crippen molar-refractivity contribution < 1.29 is 4.79 Å². The fraction of sp³-hybridized carbons (Fsp3) is 0.909. The fourth-order valence-corrected chi connectivity index (χ4v) is 2.85. The van der Waals surface area contributed by atoms with Crippen LogP contribution in [0.3, 0.4) is 0 Å². The largest absolute Gasteiger partial charge is 0.320 e. The molecule has 0 bridgehead atoms. The third kappa shape index (κ3) is 1.51. The average molecular weight is 209 g/mol. The van der Waals surface area contributed by atoms with E-state index in [-0.39, 0.29) is 0 Å². The van der Waals surface area contributed by atoms with E-state index in [4.69, 9.17) is 0 Å². The van der Waals surface area contributed by atoms with E-state index in [0.717, 1.165) is 32.6 Å². The van der Waals surface area contributed by atoms with Crippen molar-refractivity contribution in [3.63, 3.8) is 0 Å². The van der Waals surface area contributed by atoms with Crippen LogP contribution in [0.1, 0.15) is 25.7 Å².